The molecule has 0 saturated heterocycles. The molecule has 1 N–H and O–H groups in total. The van der Waals surface area contributed by atoms with Crippen LogP contribution in [0.2, 0.25) is 0 Å². The van der Waals surface area contributed by atoms with Crippen LogP contribution in [-0.2, 0) is 10.1 Å². The minimum Gasteiger partial charge on any atom is -1.00 e. The number of allylic oxidation sites excluding steroid dienone is 1. The van der Waals surface area contributed by atoms with Crippen LogP contribution >= 0.6 is 0 Å². The van der Waals surface area contributed by atoms with Gasteiger partial charge in [0.2, 0.25) is 0 Å². The number of hydrogen-bond donors (Lipinski definition) is 1. The average molecular weight is 394 g/mol. The summed E-state index contributed by atoms with van der Waals surface area (Å²) in [6.45, 7) is 0. The first-order valence-corrected chi connectivity index (χ1v) is 8.33. The molecule has 0 heterocycles. The minimum atomic E-state index is -4.59. The van der Waals surface area contributed by atoms with Crippen molar-refractivity contribution in [3.05, 3.63) is 80.6 Å². The molecule has 2 rings (SSSR count). The maximum Gasteiger partial charge on any atom is 1.00 e. The van der Waals surface area contributed by atoms with Crippen molar-refractivity contribution in [1.82, 2.24) is 0 Å². The average Bonchev–Trinajstić information content (AvgIpc) is 2.60. The van der Waals surface area contributed by atoms with Gasteiger partial charge in [0.05, 0.1) is 0 Å². The molecule has 0 spiro atoms. The van der Waals surface area contributed by atoms with Crippen molar-refractivity contribution in [3.63, 3.8) is 0 Å². The van der Waals surface area contributed by atoms with E-state index in [0.717, 1.165) is 12.1 Å². The van der Waals surface area contributed by atoms with Crippen LogP contribution in [0.5, 0.6) is 0 Å². The molecular weight excluding hydrogens is 383 g/mol. The Hall–Kier alpha value is -2.62. The molecule has 0 amide bonds. The SMILES string of the molecule is [H-].[N-]=[N+]=Nc1ccc(C(=O)C=Cc2ccc(N=[N+]=[N-])cc2S(=O)(=O)O)cc1.[Na+]. The summed E-state index contributed by atoms with van der Waals surface area (Å²) in [5.74, 6) is -0.433. The van der Waals surface area contributed by atoms with E-state index in [9.17, 15) is 17.8 Å². The van der Waals surface area contributed by atoms with Gasteiger partial charge in [-0.15, -0.1) is 0 Å². The monoisotopic (exact) mass is 394 g/mol. The Labute approximate surface area is 177 Å². The first-order chi connectivity index (χ1) is 12.3. The summed E-state index contributed by atoms with van der Waals surface area (Å²) < 4.78 is 32.3. The van der Waals surface area contributed by atoms with E-state index in [4.69, 9.17) is 11.1 Å². The third-order valence-corrected chi connectivity index (χ3v) is 4.07. The Morgan fingerprint density at radius 2 is 1.59 bits per heavy atom. The molecule has 27 heavy (non-hydrogen) atoms. The molecular formula is C15H11N6NaO4S. The van der Waals surface area contributed by atoms with Gasteiger partial charge in [-0.3, -0.25) is 9.35 Å². The molecule has 0 aliphatic rings. The molecule has 0 saturated carbocycles. The van der Waals surface area contributed by atoms with Gasteiger partial charge in [-0.1, -0.05) is 46.6 Å². The summed E-state index contributed by atoms with van der Waals surface area (Å²) in [7, 11) is -4.59. The number of azide groups is 2. The summed E-state index contributed by atoms with van der Waals surface area (Å²) in [5, 5.41) is 6.65. The van der Waals surface area contributed by atoms with E-state index < -0.39 is 20.8 Å². The molecule has 0 bridgehead atoms. The third-order valence-electron chi connectivity index (χ3n) is 3.16. The van der Waals surface area contributed by atoms with E-state index in [1.807, 2.05) is 0 Å². The van der Waals surface area contributed by atoms with E-state index in [2.05, 4.69) is 20.1 Å². The van der Waals surface area contributed by atoms with Crippen molar-refractivity contribution >= 4 is 33.4 Å². The van der Waals surface area contributed by atoms with Crippen LogP contribution in [0.25, 0.3) is 27.0 Å². The van der Waals surface area contributed by atoms with Crippen LogP contribution in [0, 0.1) is 0 Å². The fourth-order valence-electron chi connectivity index (χ4n) is 2.00. The molecule has 2 aromatic rings. The van der Waals surface area contributed by atoms with Crippen LogP contribution < -0.4 is 29.6 Å². The molecule has 2 aromatic carbocycles. The van der Waals surface area contributed by atoms with Crippen LogP contribution in [0.3, 0.4) is 0 Å². The van der Waals surface area contributed by atoms with Gasteiger partial charge in [0.25, 0.3) is 10.1 Å². The quantitative estimate of drug-likeness (QED) is 0.150. The van der Waals surface area contributed by atoms with Gasteiger partial charge < -0.3 is 1.43 Å². The topological polar surface area (TPSA) is 169 Å². The molecule has 0 unspecified atom stereocenters. The fourth-order valence-corrected chi connectivity index (χ4v) is 2.71. The predicted octanol–water partition coefficient (Wildman–Crippen LogP) is 1.83. The third kappa shape index (κ3) is 6.24. The summed E-state index contributed by atoms with van der Waals surface area (Å²) in [4.78, 5) is 16.8. The van der Waals surface area contributed by atoms with Crippen molar-refractivity contribution in [2.24, 2.45) is 10.2 Å². The number of rotatable bonds is 6. The number of nitrogens with zero attached hydrogens (tertiary/aromatic N) is 6. The van der Waals surface area contributed by atoms with Gasteiger partial charge in [0.1, 0.15) is 4.90 Å². The number of carbonyl (C=O) groups excluding carboxylic acids is 1. The first kappa shape index (κ1) is 22.4. The second kappa shape index (κ2) is 9.91. The molecule has 0 aliphatic carbocycles. The van der Waals surface area contributed by atoms with Gasteiger partial charge in [-0.05, 0) is 34.8 Å². The first-order valence-electron chi connectivity index (χ1n) is 6.89. The van der Waals surface area contributed by atoms with Crippen molar-refractivity contribution < 1.29 is 48.7 Å². The molecule has 0 radical (unpaired) electrons. The van der Waals surface area contributed by atoms with Crippen molar-refractivity contribution in [2.45, 2.75) is 4.90 Å². The second-order valence-corrected chi connectivity index (χ2v) is 6.21. The molecule has 0 aliphatic heterocycles. The Bertz CT molecular complexity index is 1090. The van der Waals surface area contributed by atoms with Crippen molar-refractivity contribution in [3.8, 4) is 0 Å². The summed E-state index contributed by atoms with van der Waals surface area (Å²) in [6.07, 6.45) is 2.34. The molecule has 12 heteroatoms. The van der Waals surface area contributed by atoms with Gasteiger partial charge in [-0.2, -0.15) is 8.42 Å². The van der Waals surface area contributed by atoms with Gasteiger partial charge in [0.15, 0.2) is 5.78 Å². The number of benzene rings is 2. The maximum absolute atomic E-state index is 12.1. The van der Waals surface area contributed by atoms with Gasteiger partial charge in [-0.25, -0.2) is 0 Å². The van der Waals surface area contributed by atoms with E-state index in [1.54, 1.807) is 0 Å². The Morgan fingerprint density at radius 3 is 2.15 bits per heavy atom. The predicted molar refractivity (Wildman–Crippen MR) is 94.8 cm³/mol. The second-order valence-electron chi connectivity index (χ2n) is 4.82. The summed E-state index contributed by atoms with van der Waals surface area (Å²) >= 11 is 0. The number of hydrogen-bond acceptors (Lipinski definition) is 5. The maximum atomic E-state index is 12.1. The van der Waals surface area contributed by atoms with E-state index in [-0.39, 0.29) is 47.8 Å². The van der Waals surface area contributed by atoms with E-state index in [1.165, 1.54) is 42.5 Å². The minimum absolute atomic E-state index is 0. The van der Waals surface area contributed by atoms with Crippen molar-refractivity contribution in [2.75, 3.05) is 0 Å². The van der Waals surface area contributed by atoms with Crippen molar-refractivity contribution in [1.29, 1.82) is 0 Å². The normalized spacial score (nSPS) is 10.4. The zero-order valence-electron chi connectivity index (χ0n) is 15.0. The standard InChI is InChI=1S/C15H10N6O4S.Na.H/c16-20-18-12-5-1-10(2-6-12)14(22)8-4-11-3-7-13(19-21-17)9-15(11)26(23,24)25;;/h1-9H,(H,23,24,25);;/q;+1;-1. The van der Waals surface area contributed by atoms with Crippen LogP contribution in [0.1, 0.15) is 17.3 Å². The molecule has 0 atom stereocenters. The van der Waals surface area contributed by atoms with Gasteiger partial charge in [0, 0.05) is 26.8 Å². The summed E-state index contributed by atoms with van der Waals surface area (Å²) in [6, 6.07) is 9.44. The molecule has 0 aromatic heterocycles. The van der Waals surface area contributed by atoms with Crippen LogP contribution in [0.4, 0.5) is 11.4 Å². The molecule has 132 valence electrons. The molecule has 10 nitrogen and oxygen atoms in total. The Balaban J connectivity index is 0.00000364. The van der Waals surface area contributed by atoms with Crippen LogP contribution in [0.15, 0.2) is 63.7 Å². The van der Waals surface area contributed by atoms with Gasteiger partial charge >= 0.3 is 29.6 Å². The Kier molecular flexibility index (Phi) is 8.23. The molecule has 0 fully saturated rings. The fraction of sp³-hybridized carbons (Fsp3) is 0. The number of carbonyl (C=O) groups is 1. The van der Waals surface area contributed by atoms with Crippen LogP contribution in [-0.4, -0.2) is 18.8 Å². The summed E-state index contributed by atoms with van der Waals surface area (Å²) in [5.41, 5.74) is 17.4. The smallest absolute Gasteiger partial charge is 1.00 e. The zero-order chi connectivity index (χ0) is 19.2. The van der Waals surface area contributed by atoms with E-state index >= 15 is 0 Å². The number of ketones is 1. The Morgan fingerprint density at radius 1 is 1.04 bits per heavy atom. The zero-order valence-corrected chi connectivity index (χ0v) is 16.8. The van der Waals surface area contributed by atoms with E-state index in [0.29, 0.717) is 5.69 Å². The largest absolute Gasteiger partial charge is 1.00 e.